The van der Waals surface area contributed by atoms with Crippen LogP contribution in [0.25, 0.3) is 0 Å². The zero-order chi connectivity index (χ0) is 21.1. The van der Waals surface area contributed by atoms with Crippen LogP contribution < -0.4 is 14.8 Å². The van der Waals surface area contributed by atoms with Gasteiger partial charge in [0.15, 0.2) is 12.6 Å². The van der Waals surface area contributed by atoms with Gasteiger partial charge in [0, 0.05) is 34.7 Å². The zero-order valence-corrected chi connectivity index (χ0v) is 20.3. The fourth-order valence-corrected chi connectivity index (χ4v) is 2.51. The minimum absolute atomic E-state index is 0. The smallest absolute Gasteiger partial charge is 0.259 e. The number of benzene rings is 2. The van der Waals surface area contributed by atoms with Gasteiger partial charge < -0.3 is 24.6 Å². The van der Waals surface area contributed by atoms with Crippen LogP contribution in [0.1, 0.15) is 5.56 Å². The second-order valence-electron chi connectivity index (χ2n) is 6.71. The lowest BCUT2D eigenvalue weighted by molar-refractivity contribution is -0.130. The average Bonchev–Trinajstić information content (AvgIpc) is 2.73. The van der Waals surface area contributed by atoms with E-state index < -0.39 is 0 Å². The number of carbonyl (C=O) groups is 1. The van der Waals surface area contributed by atoms with Gasteiger partial charge in [0.25, 0.3) is 5.91 Å². The van der Waals surface area contributed by atoms with Gasteiger partial charge >= 0.3 is 0 Å². The first-order valence-corrected chi connectivity index (χ1v) is 9.51. The van der Waals surface area contributed by atoms with Gasteiger partial charge in [0.1, 0.15) is 18.1 Å². The maximum Gasteiger partial charge on any atom is 0.259 e. The molecule has 0 aliphatic carbocycles. The van der Waals surface area contributed by atoms with E-state index in [0.29, 0.717) is 25.4 Å². The molecule has 0 aliphatic heterocycles. The highest BCUT2D eigenvalue weighted by molar-refractivity contribution is 14.0. The lowest BCUT2D eigenvalue weighted by Gasteiger charge is -2.22. The Morgan fingerprint density at radius 2 is 1.70 bits per heavy atom. The summed E-state index contributed by atoms with van der Waals surface area (Å²) in [5.74, 6) is 2.22. The van der Waals surface area contributed by atoms with Crippen molar-refractivity contribution in [3.63, 3.8) is 0 Å². The number of halogens is 1. The molecular weight excluding hydrogens is 495 g/mol. The third-order valence-electron chi connectivity index (χ3n) is 4.22. The van der Waals surface area contributed by atoms with Crippen molar-refractivity contribution in [2.24, 2.45) is 4.99 Å². The minimum atomic E-state index is -0.0757. The molecule has 0 heterocycles. The molecule has 0 spiro atoms. The third kappa shape index (κ3) is 8.89. The van der Waals surface area contributed by atoms with Crippen molar-refractivity contribution in [1.82, 2.24) is 15.1 Å². The molecule has 30 heavy (non-hydrogen) atoms. The molecular formula is C22H31IN4O3. The van der Waals surface area contributed by atoms with E-state index in [1.807, 2.05) is 66.5 Å². The minimum Gasteiger partial charge on any atom is -0.492 e. The number of amides is 1. The predicted molar refractivity (Wildman–Crippen MR) is 131 cm³/mol. The lowest BCUT2D eigenvalue weighted by Crippen LogP contribution is -2.40. The number of likely N-dealkylation sites (N-methyl/N-ethyl adjacent to an activating group) is 2. The van der Waals surface area contributed by atoms with Crippen molar-refractivity contribution in [2.75, 3.05) is 47.9 Å². The van der Waals surface area contributed by atoms with Crippen LogP contribution in [0.5, 0.6) is 11.5 Å². The maximum atomic E-state index is 11.7. The van der Waals surface area contributed by atoms with Crippen molar-refractivity contribution in [3.05, 3.63) is 60.2 Å². The fourth-order valence-electron chi connectivity index (χ4n) is 2.51. The van der Waals surface area contributed by atoms with Gasteiger partial charge in [-0.05, 0) is 29.8 Å². The number of guanidine groups is 1. The van der Waals surface area contributed by atoms with Crippen molar-refractivity contribution in [3.8, 4) is 11.5 Å². The van der Waals surface area contributed by atoms with Crippen molar-refractivity contribution in [2.45, 2.75) is 6.54 Å². The molecule has 2 aromatic carbocycles. The molecule has 2 aromatic rings. The van der Waals surface area contributed by atoms with Crippen LogP contribution in [0.4, 0.5) is 0 Å². The zero-order valence-electron chi connectivity index (χ0n) is 18.0. The van der Waals surface area contributed by atoms with E-state index in [0.717, 1.165) is 17.3 Å². The van der Waals surface area contributed by atoms with Gasteiger partial charge in [0.05, 0.1) is 6.54 Å². The Hall–Kier alpha value is -2.49. The summed E-state index contributed by atoms with van der Waals surface area (Å²) in [5.41, 5.74) is 1.04. The molecule has 7 nitrogen and oxygen atoms in total. The predicted octanol–water partition coefficient (Wildman–Crippen LogP) is 2.86. The molecule has 0 fully saturated rings. The standard InChI is InChI=1S/C22H30N4O3.HI/c1-23-22(26(4)13-14-28-19-10-6-5-7-11-19)24-16-18-9-8-12-20(15-18)29-17-21(27)25(2)3;/h5-12,15H,13-14,16-17H2,1-4H3,(H,23,24);1H. The molecule has 8 heteroatoms. The number of nitrogens with one attached hydrogen (secondary N) is 1. The highest BCUT2D eigenvalue weighted by Crippen LogP contribution is 2.13. The summed E-state index contributed by atoms with van der Waals surface area (Å²) >= 11 is 0. The van der Waals surface area contributed by atoms with Crippen LogP contribution in [0.3, 0.4) is 0 Å². The first-order chi connectivity index (χ1) is 14.0. The van der Waals surface area contributed by atoms with Crippen LogP contribution >= 0.6 is 24.0 Å². The largest absolute Gasteiger partial charge is 0.492 e. The van der Waals surface area contributed by atoms with Gasteiger partial charge in [-0.1, -0.05) is 30.3 Å². The fraction of sp³-hybridized carbons (Fsp3) is 0.364. The molecule has 1 N–H and O–H groups in total. The summed E-state index contributed by atoms with van der Waals surface area (Å²) in [7, 11) is 7.14. The van der Waals surface area contributed by atoms with E-state index in [4.69, 9.17) is 9.47 Å². The molecule has 0 radical (unpaired) electrons. The van der Waals surface area contributed by atoms with Gasteiger partial charge in [0.2, 0.25) is 0 Å². The Labute approximate surface area is 196 Å². The molecule has 0 saturated heterocycles. The Morgan fingerprint density at radius 3 is 2.37 bits per heavy atom. The van der Waals surface area contributed by atoms with Crippen LogP contribution in [0.15, 0.2) is 59.6 Å². The van der Waals surface area contributed by atoms with Gasteiger partial charge in [-0.25, -0.2) is 0 Å². The second-order valence-corrected chi connectivity index (χ2v) is 6.71. The van der Waals surface area contributed by atoms with Crippen molar-refractivity contribution in [1.29, 1.82) is 0 Å². The quantitative estimate of drug-likeness (QED) is 0.310. The highest BCUT2D eigenvalue weighted by Gasteiger charge is 2.08. The molecule has 0 aromatic heterocycles. The Bertz CT molecular complexity index is 800. The van der Waals surface area contributed by atoms with E-state index in [1.165, 1.54) is 4.90 Å². The summed E-state index contributed by atoms with van der Waals surface area (Å²) < 4.78 is 11.3. The van der Waals surface area contributed by atoms with E-state index >= 15 is 0 Å². The first-order valence-electron chi connectivity index (χ1n) is 9.51. The summed E-state index contributed by atoms with van der Waals surface area (Å²) in [6.07, 6.45) is 0. The number of ether oxygens (including phenoxy) is 2. The third-order valence-corrected chi connectivity index (χ3v) is 4.22. The molecule has 0 aliphatic rings. The number of rotatable bonds is 9. The Balaban J connectivity index is 0.00000450. The van der Waals surface area contributed by atoms with E-state index in [9.17, 15) is 4.79 Å². The summed E-state index contributed by atoms with van der Waals surface area (Å²) in [6.45, 7) is 1.87. The SMILES string of the molecule is CN=C(NCc1cccc(OCC(=O)N(C)C)c1)N(C)CCOc1ccccc1.I. The van der Waals surface area contributed by atoms with Crippen molar-refractivity contribution < 1.29 is 14.3 Å². The van der Waals surface area contributed by atoms with Gasteiger partial charge in [-0.15, -0.1) is 24.0 Å². The number of hydrogen-bond donors (Lipinski definition) is 1. The monoisotopic (exact) mass is 526 g/mol. The molecule has 1 amide bonds. The first kappa shape index (κ1) is 25.5. The van der Waals surface area contributed by atoms with Crippen LogP contribution in [0, 0.1) is 0 Å². The summed E-state index contributed by atoms with van der Waals surface area (Å²) in [5, 5.41) is 3.33. The topological polar surface area (TPSA) is 66.4 Å². The van der Waals surface area contributed by atoms with E-state index in [1.54, 1.807) is 21.1 Å². The second kappa shape index (κ2) is 13.7. The van der Waals surface area contributed by atoms with Crippen LogP contribution in [-0.4, -0.2) is 69.6 Å². The lowest BCUT2D eigenvalue weighted by atomic mass is 10.2. The number of hydrogen-bond acceptors (Lipinski definition) is 4. The van der Waals surface area contributed by atoms with Crippen LogP contribution in [-0.2, 0) is 11.3 Å². The van der Waals surface area contributed by atoms with Gasteiger partial charge in [-0.2, -0.15) is 0 Å². The number of nitrogens with zero attached hydrogens (tertiary/aromatic N) is 3. The summed E-state index contributed by atoms with van der Waals surface area (Å²) in [6, 6.07) is 17.4. The molecule has 0 bridgehead atoms. The number of para-hydroxylation sites is 1. The molecule has 0 unspecified atom stereocenters. The van der Waals surface area contributed by atoms with E-state index in [2.05, 4.69) is 10.3 Å². The average molecular weight is 526 g/mol. The molecule has 0 atom stereocenters. The number of aliphatic imine (C=N–C) groups is 1. The Morgan fingerprint density at radius 1 is 1.00 bits per heavy atom. The van der Waals surface area contributed by atoms with E-state index in [-0.39, 0.29) is 36.5 Å². The summed E-state index contributed by atoms with van der Waals surface area (Å²) in [4.78, 5) is 19.5. The molecule has 164 valence electrons. The number of carbonyl (C=O) groups excluding carboxylic acids is 1. The Kier molecular flexibility index (Phi) is 11.7. The van der Waals surface area contributed by atoms with Crippen LogP contribution in [0.2, 0.25) is 0 Å². The molecule has 2 rings (SSSR count). The van der Waals surface area contributed by atoms with Crippen molar-refractivity contribution >= 4 is 35.8 Å². The normalized spacial score (nSPS) is 10.6. The highest BCUT2D eigenvalue weighted by atomic mass is 127. The molecule has 0 saturated carbocycles. The maximum absolute atomic E-state index is 11.7. The van der Waals surface area contributed by atoms with Gasteiger partial charge in [-0.3, -0.25) is 9.79 Å².